The molecule has 0 saturated carbocycles. The molecule has 0 amide bonds. The molecule has 3 aromatic carbocycles. The number of fused-ring (bicyclic) bond motifs is 7. The predicted octanol–water partition coefficient (Wildman–Crippen LogP) is 7.95. The van der Waals surface area contributed by atoms with Gasteiger partial charge in [0.25, 0.3) is 0 Å². The van der Waals surface area contributed by atoms with Crippen molar-refractivity contribution in [2.24, 2.45) is 0 Å². The van der Waals surface area contributed by atoms with Crippen LogP contribution in [0, 0.1) is 0 Å². The molecule has 0 heteroatoms. The molecular weight excluding hydrogens is 360 g/mol. The lowest BCUT2D eigenvalue weighted by Crippen LogP contribution is -2.26. The van der Waals surface area contributed by atoms with Crippen molar-refractivity contribution < 1.29 is 0 Å². The molecular formula is C30H26. The monoisotopic (exact) mass is 386 g/mol. The van der Waals surface area contributed by atoms with Gasteiger partial charge in [-0.25, -0.2) is 0 Å². The molecule has 3 aromatic rings. The summed E-state index contributed by atoms with van der Waals surface area (Å²) in [6.07, 6.45) is 8.62. The zero-order valence-corrected chi connectivity index (χ0v) is 17.9. The number of hydrogen-bond acceptors (Lipinski definition) is 0. The SMILES string of the molecule is C=CC1=C(C)c2c(C(/C=C\C)=C/C)cccc2C12c1ccccc1-c1ccccc12. The van der Waals surface area contributed by atoms with E-state index in [4.69, 9.17) is 0 Å². The second kappa shape index (κ2) is 6.85. The lowest BCUT2D eigenvalue weighted by Gasteiger charge is -2.31. The molecule has 0 saturated heterocycles. The Morgan fingerprint density at radius 3 is 1.97 bits per heavy atom. The van der Waals surface area contributed by atoms with E-state index in [1.54, 1.807) is 0 Å². The second-order valence-electron chi connectivity index (χ2n) is 8.06. The molecule has 146 valence electrons. The fourth-order valence-corrected chi connectivity index (χ4v) is 5.71. The quantitative estimate of drug-likeness (QED) is 0.401. The van der Waals surface area contributed by atoms with Gasteiger partial charge in [-0.15, -0.1) is 0 Å². The van der Waals surface area contributed by atoms with E-state index in [1.165, 1.54) is 55.7 Å². The summed E-state index contributed by atoms with van der Waals surface area (Å²) in [7, 11) is 0. The molecule has 0 bridgehead atoms. The van der Waals surface area contributed by atoms with Crippen LogP contribution in [-0.4, -0.2) is 0 Å². The molecule has 0 N–H and O–H groups in total. The first-order valence-electron chi connectivity index (χ1n) is 10.7. The summed E-state index contributed by atoms with van der Waals surface area (Å²) >= 11 is 0. The molecule has 30 heavy (non-hydrogen) atoms. The van der Waals surface area contributed by atoms with E-state index in [2.05, 4.69) is 118 Å². The molecule has 2 aliphatic carbocycles. The second-order valence-corrected chi connectivity index (χ2v) is 8.06. The Kier molecular flexibility index (Phi) is 4.25. The minimum atomic E-state index is -0.293. The van der Waals surface area contributed by atoms with Crippen molar-refractivity contribution in [2.45, 2.75) is 26.2 Å². The summed E-state index contributed by atoms with van der Waals surface area (Å²) < 4.78 is 0. The third-order valence-electron chi connectivity index (χ3n) is 6.78. The van der Waals surface area contributed by atoms with Crippen molar-refractivity contribution >= 4 is 11.1 Å². The summed E-state index contributed by atoms with van der Waals surface area (Å²) in [6.45, 7) is 10.7. The Labute approximate surface area is 179 Å². The standard InChI is InChI=1S/C30H26/c1-5-13-21(6-2)22-16-12-19-28-29(22)20(4)25(7-3)30(28)26-17-10-8-14-23(26)24-15-9-11-18-27(24)30/h5-19H,3H2,1-2,4H3/b13-5-,21-6+. The van der Waals surface area contributed by atoms with Crippen molar-refractivity contribution in [1.29, 1.82) is 0 Å². The van der Waals surface area contributed by atoms with Gasteiger partial charge in [-0.2, -0.15) is 0 Å². The molecule has 0 radical (unpaired) electrons. The van der Waals surface area contributed by atoms with Crippen molar-refractivity contribution in [3.63, 3.8) is 0 Å². The maximum absolute atomic E-state index is 4.29. The molecule has 5 rings (SSSR count). The average Bonchev–Trinajstić information content (AvgIpc) is 3.23. The Bertz CT molecular complexity index is 1230. The Hall–Kier alpha value is -3.38. The number of rotatable bonds is 3. The van der Waals surface area contributed by atoms with Crippen LogP contribution in [0.4, 0.5) is 0 Å². The minimum Gasteiger partial charge on any atom is -0.0987 e. The molecule has 0 unspecified atom stereocenters. The largest absolute Gasteiger partial charge is 0.0987 e. The summed E-state index contributed by atoms with van der Waals surface area (Å²) in [5, 5.41) is 0. The maximum Gasteiger partial charge on any atom is 0.0722 e. The van der Waals surface area contributed by atoms with Gasteiger partial charge in [0.15, 0.2) is 0 Å². The third kappa shape index (κ3) is 2.17. The van der Waals surface area contributed by atoms with E-state index in [9.17, 15) is 0 Å². The van der Waals surface area contributed by atoms with E-state index >= 15 is 0 Å². The van der Waals surface area contributed by atoms with Crippen LogP contribution in [0.25, 0.3) is 22.3 Å². The highest BCUT2D eigenvalue weighted by atomic mass is 14.5. The van der Waals surface area contributed by atoms with E-state index in [0.29, 0.717) is 0 Å². The normalized spacial score (nSPS) is 16.2. The maximum atomic E-state index is 4.29. The number of allylic oxidation sites excluding steroid dienone is 7. The highest BCUT2D eigenvalue weighted by Crippen LogP contribution is 2.62. The summed E-state index contributed by atoms with van der Waals surface area (Å²) in [6, 6.07) is 24.5. The summed E-state index contributed by atoms with van der Waals surface area (Å²) in [5.74, 6) is 0. The van der Waals surface area contributed by atoms with Crippen LogP contribution >= 0.6 is 0 Å². The lowest BCUT2D eigenvalue weighted by molar-refractivity contribution is 0.786. The van der Waals surface area contributed by atoms with Crippen LogP contribution in [0.5, 0.6) is 0 Å². The zero-order valence-electron chi connectivity index (χ0n) is 17.9. The highest BCUT2D eigenvalue weighted by molar-refractivity contribution is 5.98. The van der Waals surface area contributed by atoms with Crippen LogP contribution in [0.15, 0.2) is 103 Å². The molecule has 1 spiro atoms. The molecule has 0 aromatic heterocycles. The van der Waals surface area contributed by atoms with Gasteiger partial charge in [-0.05, 0) is 76.4 Å². The predicted molar refractivity (Wildman–Crippen MR) is 129 cm³/mol. The van der Waals surface area contributed by atoms with Gasteiger partial charge in [0, 0.05) is 0 Å². The van der Waals surface area contributed by atoms with E-state index < -0.39 is 0 Å². The van der Waals surface area contributed by atoms with E-state index in [0.717, 1.165) is 0 Å². The highest BCUT2D eigenvalue weighted by Gasteiger charge is 2.51. The van der Waals surface area contributed by atoms with Gasteiger partial charge in [-0.1, -0.05) is 97.6 Å². The first-order valence-corrected chi connectivity index (χ1v) is 10.7. The van der Waals surface area contributed by atoms with Gasteiger partial charge in [-0.3, -0.25) is 0 Å². The third-order valence-corrected chi connectivity index (χ3v) is 6.78. The molecule has 0 fully saturated rings. The minimum absolute atomic E-state index is 0.293. The van der Waals surface area contributed by atoms with E-state index in [1.807, 2.05) is 0 Å². The average molecular weight is 387 g/mol. The van der Waals surface area contributed by atoms with Gasteiger partial charge in [0.05, 0.1) is 5.41 Å². The molecule has 0 atom stereocenters. The fourth-order valence-electron chi connectivity index (χ4n) is 5.71. The van der Waals surface area contributed by atoms with Crippen LogP contribution in [0.3, 0.4) is 0 Å². The Morgan fingerprint density at radius 1 is 0.800 bits per heavy atom. The molecule has 2 aliphatic rings. The van der Waals surface area contributed by atoms with Gasteiger partial charge in [0.1, 0.15) is 0 Å². The number of hydrogen-bond donors (Lipinski definition) is 0. The van der Waals surface area contributed by atoms with Crippen LogP contribution in [-0.2, 0) is 5.41 Å². The lowest BCUT2D eigenvalue weighted by atomic mass is 9.69. The molecule has 0 aliphatic heterocycles. The van der Waals surface area contributed by atoms with Gasteiger partial charge < -0.3 is 0 Å². The van der Waals surface area contributed by atoms with Crippen molar-refractivity contribution in [3.05, 3.63) is 131 Å². The molecule has 0 nitrogen and oxygen atoms in total. The fraction of sp³-hybridized carbons (Fsp3) is 0.133. The smallest absolute Gasteiger partial charge is 0.0722 e. The van der Waals surface area contributed by atoms with Crippen molar-refractivity contribution in [1.82, 2.24) is 0 Å². The number of benzene rings is 3. The summed E-state index contributed by atoms with van der Waals surface area (Å²) in [4.78, 5) is 0. The first kappa shape index (κ1) is 18.6. The van der Waals surface area contributed by atoms with Crippen LogP contribution in [0.1, 0.15) is 48.6 Å². The molecule has 0 heterocycles. The van der Waals surface area contributed by atoms with E-state index in [-0.39, 0.29) is 5.41 Å². The topological polar surface area (TPSA) is 0 Å². The van der Waals surface area contributed by atoms with Gasteiger partial charge in [0.2, 0.25) is 0 Å². The Balaban J connectivity index is 1.96. The van der Waals surface area contributed by atoms with Crippen molar-refractivity contribution in [2.75, 3.05) is 0 Å². The van der Waals surface area contributed by atoms with Gasteiger partial charge >= 0.3 is 0 Å². The van der Waals surface area contributed by atoms with Crippen LogP contribution in [0.2, 0.25) is 0 Å². The first-order chi connectivity index (χ1) is 14.7. The van der Waals surface area contributed by atoms with Crippen LogP contribution < -0.4 is 0 Å². The Morgan fingerprint density at radius 2 is 1.40 bits per heavy atom. The summed E-state index contributed by atoms with van der Waals surface area (Å²) in [5.41, 5.74) is 13.0. The van der Waals surface area contributed by atoms with Crippen molar-refractivity contribution in [3.8, 4) is 11.1 Å². The zero-order chi connectivity index (χ0) is 20.9.